The molecule has 150 valence electrons. The van der Waals surface area contributed by atoms with E-state index in [1.54, 1.807) is 24.5 Å². The van der Waals surface area contributed by atoms with Gasteiger partial charge in [0.2, 0.25) is 5.95 Å². The molecule has 0 spiro atoms. The molecule has 0 saturated carbocycles. The van der Waals surface area contributed by atoms with Crippen molar-refractivity contribution in [3.8, 4) is 11.3 Å². The molecule has 1 amide bonds. The van der Waals surface area contributed by atoms with Gasteiger partial charge in [0.1, 0.15) is 0 Å². The molecular weight excluding hydrogens is 370 g/mol. The molecule has 1 saturated heterocycles. The van der Waals surface area contributed by atoms with Crippen LogP contribution in [0.15, 0.2) is 35.1 Å². The van der Waals surface area contributed by atoms with Gasteiger partial charge in [0.05, 0.1) is 17.1 Å². The van der Waals surface area contributed by atoms with Crippen molar-refractivity contribution >= 4 is 17.5 Å². The fourth-order valence-corrected chi connectivity index (χ4v) is 3.23. The molecule has 3 aromatic heterocycles. The van der Waals surface area contributed by atoms with Crippen LogP contribution in [0.4, 0.5) is 11.6 Å². The molecule has 0 aliphatic carbocycles. The minimum absolute atomic E-state index is 0.186. The lowest BCUT2D eigenvalue weighted by molar-refractivity contribution is 0.101. The molecule has 1 aliphatic heterocycles. The third-order valence-corrected chi connectivity index (χ3v) is 4.97. The molecule has 9 heteroatoms. The number of aryl methyl sites for hydroxylation is 2. The summed E-state index contributed by atoms with van der Waals surface area (Å²) < 4.78 is 5.28. The molecule has 0 unspecified atom stereocenters. The van der Waals surface area contributed by atoms with E-state index >= 15 is 0 Å². The summed E-state index contributed by atoms with van der Waals surface area (Å²) in [5.74, 6) is 0.816. The van der Waals surface area contributed by atoms with E-state index in [9.17, 15) is 4.79 Å². The van der Waals surface area contributed by atoms with Gasteiger partial charge in [0, 0.05) is 50.2 Å². The van der Waals surface area contributed by atoms with Gasteiger partial charge in [-0.3, -0.25) is 9.78 Å². The third kappa shape index (κ3) is 4.09. The minimum Gasteiger partial charge on any atom is -0.355 e. The number of rotatable bonds is 4. The fourth-order valence-electron chi connectivity index (χ4n) is 3.23. The highest BCUT2D eigenvalue weighted by Gasteiger charge is 2.21. The van der Waals surface area contributed by atoms with Crippen LogP contribution < -0.4 is 10.2 Å². The summed E-state index contributed by atoms with van der Waals surface area (Å²) in [7, 11) is 2.11. The van der Waals surface area contributed by atoms with Crippen LogP contribution >= 0.6 is 0 Å². The second-order valence-electron chi connectivity index (χ2n) is 7.13. The van der Waals surface area contributed by atoms with Crippen molar-refractivity contribution in [1.29, 1.82) is 0 Å². The van der Waals surface area contributed by atoms with E-state index in [4.69, 9.17) is 4.52 Å². The number of aromatic nitrogens is 4. The Hall–Kier alpha value is -3.33. The first-order chi connectivity index (χ1) is 14.0. The Morgan fingerprint density at radius 1 is 1.14 bits per heavy atom. The number of nitrogens with one attached hydrogen (secondary N) is 1. The molecule has 29 heavy (non-hydrogen) atoms. The number of carbonyl (C=O) groups is 1. The monoisotopic (exact) mass is 393 g/mol. The van der Waals surface area contributed by atoms with E-state index in [1.165, 1.54) is 0 Å². The number of hydrogen-bond acceptors (Lipinski definition) is 8. The van der Waals surface area contributed by atoms with E-state index in [2.05, 4.69) is 42.3 Å². The van der Waals surface area contributed by atoms with Crippen molar-refractivity contribution in [1.82, 2.24) is 25.0 Å². The van der Waals surface area contributed by atoms with Gasteiger partial charge in [-0.25, -0.2) is 9.97 Å². The van der Waals surface area contributed by atoms with Gasteiger partial charge < -0.3 is 19.6 Å². The highest BCUT2D eigenvalue weighted by molar-refractivity contribution is 6.03. The molecule has 1 N–H and O–H groups in total. The summed E-state index contributed by atoms with van der Waals surface area (Å²) in [6.45, 7) is 7.46. The molecule has 4 heterocycles. The summed E-state index contributed by atoms with van der Waals surface area (Å²) >= 11 is 0. The summed E-state index contributed by atoms with van der Waals surface area (Å²) in [5.41, 5.74) is 2.97. The van der Waals surface area contributed by atoms with Gasteiger partial charge in [-0.05, 0) is 33.0 Å². The van der Waals surface area contributed by atoms with Crippen molar-refractivity contribution in [3.05, 3.63) is 47.7 Å². The van der Waals surface area contributed by atoms with Crippen molar-refractivity contribution in [3.63, 3.8) is 0 Å². The number of carbonyl (C=O) groups excluding carboxylic acids is 1. The molecule has 0 atom stereocenters. The van der Waals surface area contributed by atoms with Crippen LogP contribution in [0.3, 0.4) is 0 Å². The molecular formula is C20H23N7O2. The summed E-state index contributed by atoms with van der Waals surface area (Å²) in [6.07, 6.45) is 3.33. The molecule has 0 bridgehead atoms. The Morgan fingerprint density at radius 2 is 1.86 bits per heavy atom. The minimum atomic E-state index is -0.369. The van der Waals surface area contributed by atoms with E-state index in [1.807, 2.05) is 19.9 Å². The lowest BCUT2D eigenvalue weighted by Gasteiger charge is -2.32. The predicted octanol–water partition coefficient (Wildman–Crippen LogP) is 2.15. The SMILES string of the molecule is Cc1nc(N2CCN(C)CC2)nc(C)c1NC(=O)c1cc(-c2cccnc2)on1. The molecule has 0 radical (unpaired) electrons. The first-order valence-electron chi connectivity index (χ1n) is 9.48. The average molecular weight is 393 g/mol. The number of piperazine rings is 1. The maximum Gasteiger partial charge on any atom is 0.277 e. The molecule has 1 fully saturated rings. The molecule has 9 nitrogen and oxygen atoms in total. The van der Waals surface area contributed by atoms with Crippen molar-refractivity contribution in [2.24, 2.45) is 0 Å². The summed E-state index contributed by atoms with van der Waals surface area (Å²) in [5, 5.41) is 6.75. The predicted molar refractivity (Wildman–Crippen MR) is 109 cm³/mol. The summed E-state index contributed by atoms with van der Waals surface area (Å²) in [6, 6.07) is 5.23. The van der Waals surface area contributed by atoms with Crippen LogP contribution in [0.25, 0.3) is 11.3 Å². The zero-order chi connectivity index (χ0) is 20.4. The Balaban J connectivity index is 1.50. The normalized spacial score (nSPS) is 14.8. The Bertz CT molecular complexity index is 988. The lowest BCUT2D eigenvalue weighted by Crippen LogP contribution is -2.45. The third-order valence-electron chi connectivity index (χ3n) is 4.97. The maximum atomic E-state index is 12.7. The van der Waals surface area contributed by atoms with E-state index in [0.29, 0.717) is 17.4 Å². The maximum absolute atomic E-state index is 12.7. The highest BCUT2D eigenvalue weighted by Crippen LogP contribution is 2.23. The van der Waals surface area contributed by atoms with Crippen LogP contribution in [-0.4, -0.2) is 64.1 Å². The largest absolute Gasteiger partial charge is 0.355 e. The lowest BCUT2D eigenvalue weighted by atomic mass is 10.2. The quantitative estimate of drug-likeness (QED) is 0.720. The van der Waals surface area contributed by atoms with E-state index < -0.39 is 0 Å². The zero-order valence-corrected chi connectivity index (χ0v) is 16.7. The molecule has 1 aliphatic rings. The van der Waals surface area contributed by atoms with Gasteiger partial charge >= 0.3 is 0 Å². The Kier molecular flexibility index (Phi) is 5.22. The van der Waals surface area contributed by atoms with Crippen LogP contribution in [0.5, 0.6) is 0 Å². The Labute approximate surface area is 168 Å². The average Bonchev–Trinajstić information content (AvgIpc) is 3.22. The van der Waals surface area contributed by atoms with Gasteiger partial charge in [-0.1, -0.05) is 5.16 Å². The smallest absolute Gasteiger partial charge is 0.277 e. The topological polar surface area (TPSA) is 100 Å². The highest BCUT2D eigenvalue weighted by atomic mass is 16.5. The molecule has 4 rings (SSSR count). The van der Waals surface area contributed by atoms with Crippen molar-refractivity contribution < 1.29 is 9.32 Å². The number of hydrogen-bond donors (Lipinski definition) is 1. The van der Waals surface area contributed by atoms with Gasteiger partial charge in [0.25, 0.3) is 5.91 Å². The number of likely N-dealkylation sites (N-methyl/N-ethyl adjacent to an activating group) is 1. The number of nitrogens with zero attached hydrogens (tertiary/aromatic N) is 6. The van der Waals surface area contributed by atoms with E-state index in [0.717, 1.165) is 43.1 Å². The standard InChI is InChI=1S/C20H23N7O2/c1-13-18(14(2)23-20(22-13)27-9-7-26(3)8-10-27)24-19(28)16-11-17(29-25-16)15-5-4-6-21-12-15/h4-6,11-12H,7-10H2,1-3H3,(H,24,28). The molecule has 3 aromatic rings. The second kappa shape index (κ2) is 7.96. The number of amides is 1. The van der Waals surface area contributed by atoms with Crippen LogP contribution in [0.2, 0.25) is 0 Å². The molecule has 0 aromatic carbocycles. The Morgan fingerprint density at radius 3 is 2.52 bits per heavy atom. The van der Waals surface area contributed by atoms with Crippen LogP contribution in [0, 0.1) is 13.8 Å². The number of pyridine rings is 1. The fraction of sp³-hybridized carbons (Fsp3) is 0.350. The van der Waals surface area contributed by atoms with Crippen molar-refractivity contribution in [2.45, 2.75) is 13.8 Å². The summed E-state index contributed by atoms with van der Waals surface area (Å²) in [4.78, 5) is 30.4. The van der Waals surface area contributed by atoms with E-state index in [-0.39, 0.29) is 11.6 Å². The first kappa shape index (κ1) is 19.0. The van der Waals surface area contributed by atoms with Gasteiger partial charge in [-0.2, -0.15) is 0 Å². The van der Waals surface area contributed by atoms with Gasteiger partial charge in [0.15, 0.2) is 11.5 Å². The van der Waals surface area contributed by atoms with Gasteiger partial charge in [-0.15, -0.1) is 0 Å². The number of anilines is 2. The van der Waals surface area contributed by atoms with Crippen LogP contribution in [0.1, 0.15) is 21.9 Å². The van der Waals surface area contributed by atoms with Crippen LogP contribution in [-0.2, 0) is 0 Å². The first-order valence-corrected chi connectivity index (χ1v) is 9.48. The van der Waals surface area contributed by atoms with Crippen molar-refractivity contribution in [2.75, 3.05) is 43.4 Å². The second-order valence-corrected chi connectivity index (χ2v) is 7.13. The zero-order valence-electron chi connectivity index (χ0n) is 16.7.